The third-order valence-electron chi connectivity index (χ3n) is 3.05. The van der Waals surface area contributed by atoms with Gasteiger partial charge in [-0.1, -0.05) is 0 Å². The van der Waals surface area contributed by atoms with Crippen LogP contribution in [0, 0.1) is 0 Å². The largest absolute Gasteiger partial charge is 0.465 e. The summed E-state index contributed by atoms with van der Waals surface area (Å²) in [5.41, 5.74) is -0.874. The molecule has 15 heavy (non-hydrogen) atoms. The minimum absolute atomic E-state index is 0.126. The number of methoxy groups -OCH3 is 1. The summed E-state index contributed by atoms with van der Waals surface area (Å²) in [7, 11) is 1.69. The van der Waals surface area contributed by atoms with Gasteiger partial charge in [-0.2, -0.15) is 0 Å². The zero-order chi connectivity index (χ0) is 10.9. The van der Waals surface area contributed by atoms with Crippen LogP contribution in [0.25, 0.3) is 0 Å². The maximum atomic E-state index is 10.5. The average Bonchev–Trinajstić information content (AvgIpc) is 2.65. The number of furan rings is 1. The molecule has 1 fully saturated rings. The molecule has 4 heteroatoms. The van der Waals surface area contributed by atoms with Gasteiger partial charge < -0.3 is 14.3 Å². The fourth-order valence-electron chi connectivity index (χ4n) is 2.24. The molecule has 0 aromatic carbocycles. The van der Waals surface area contributed by atoms with Gasteiger partial charge in [0.25, 0.3) is 0 Å². The van der Waals surface area contributed by atoms with E-state index in [1.165, 1.54) is 0 Å². The van der Waals surface area contributed by atoms with E-state index in [1.54, 1.807) is 13.4 Å². The van der Waals surface area contributed by atoms with Crippen molar-refractivity contribution in [1.82, 2.24) is 0 Å². The molecule has 1 aromatic heterocycles. The summed E-state index contributed by atoms with van der Waals surface area (Å²) in [6.45, 7) is 0. The van der Waals surface area contributed by atoms with Crippen molar-refractivity contribution in [2.24, 2.45) is 0 Å². The molecule has 0 amide bonds. The zero-order valence-corrected chi connectivity index (χ0v) is 10.3. The standard InChI is InChI=1S/C11H15BrO3/c1-14-8-3-2-5-11(13,7-8)10-9(12)4-6-15-10/h4,6,8,13H,2-3,5,7H2,1H3. The second-order valence-electron chi connectivity index (χ2n) is 4.08. The molecule has 0 saturated heterocycles. The summed E-state index contributed by atoms with van der Waals surface area (Å²) < 4.78 is 11.5. The second-order valence-corrected chi connectivity index (χ2v) is 4.94. The van der Waals surface area contributed by atoms with E-state index in [4.69, 9.17) is 9.15 Å². The molecule has 1 aliphatic carbocycles. The van der Waals surface area contributed by atoms with Crippen molar-refractivity contribution in [1.29, 1.82) is 0 Å². The molecule has 1 N–H and O–H groups in total. The van der Waals surface area contributed by atoms with Crippen LogP contribution < -0.4 is 0 Å². The minimum atomic E-state index is -0.874. The van der Waals surface area contributed by atoms with Gasteiger partial charge in [0.1, 0.15) is 11.4 Å². The van der Waals surface area contributed by atoms with Crippen LogP contribution in [0.4, 0.5) is 0 Å². The summed E-state index contributed by atoms with van der Waals surface area (Å²) in [6.07, 6.45) is 5.03. The lowest BCUT2D eigenvalue weighted by Gasteiger charge is -2.34. The highest BCUT2D eigenvalue weighted by molar-refractivity contribution is 9.10. The molecule has 2 atom stereocenters. The van der Waals surface area contributed by atoms with Crippen molar-refractivity contribution in [3.05, 3.63) is 22.6 Å². The van der Waals surface area contributed by atoms with Crippen molar-refractivity contribution >= 4 is 15.9 Å². The Bertz CT molecular complexity index is 336. The van der Waals surface area contributed by atoms with E-state index >= 15 is 0 Å². The first-order chi connectivity index (χ1) is 7.15. The van der Waals surface area contributed by atoms with Crippen LogP contribution >= 0.6 is 15.9 Å². The van der Waals surface area contributed by atoms with E-state index in [0.29, 0.717) is 12.2 Å². The van der Waals surface area contributed by atoms with Crippen LogP contribution in [-0.4, -0.2) is 18.3 Å². The Balaban J connectivity index is 2.22. The zero-order valence-electron chi connectivity index (χ0n) is 8.70. The van der Waals surface area contributed by atoms with Crippen LogP contribution in [0.2, 0.25) is 0 Å². The van der Waals surface area contributed by atoms with E-state index in [1.807, 2.05) is 6.07 Å². The van der Waals surface area contributed by atoms with Crippen LogP contribution in [0.3, 0.4) is 0 Å². The molecule has 0 spiro atoms. The second kappa shape index (κ2) is 4.28. The molecule has 3 nitrogen and oxygen atoms in total. The molecule has 1 saturated carbocycles. The van der Waals surface area contributed by atoms with Crippen LogP contribution in [0.1, 0.15) is 31.4 Å². The maximum Gasteiger partial charge on any atom is 0.149 e. The van der Waals surface area contributed by atoms with E-state index < -0.39 is 5.60 Å². The quantitative estimate of drug-likeness (QED) is 0.902. The molecule has 84 valence electrons. The summed E-state index contributed by atoms with van der Waals surface area (Å²) in [5, 5.41) is 10.5. The fraction of sp³-hybridized carbons (Fsp3) is 0.636. The van der Waals surface area contributed by atoms with Gasteiger partial charge in [-0.05, 0) is 41.3 Å². The SMILES string of the molecule is COC1CCCC(O)(c2occc2Br)C1. The van der Waals surface area contributed by atoms with Crippen LogP contribution in [-0.2, 0) is 10.3 Å². The molecular weight excluding hydrogens is 260 g/mol. The van der Waals surface area contributed by atoms with E-state index in [0.717, 1.165) is 23.7 Å². The summed E-state index contributed by atoms with van der Waals surface area (Å²) >= 11 is 3.38. The lowest BCUT2D eigenvalue weighted by atomic mass is 9.81. The molecule has 1 aromatic rings. The molecular formula is C11H15BrO3. The maximum absolute atomic E-state index is 10.5. The van der Waals surface area contributed by atoms with Crippen molar-refractivity contribution in [2.75, 3.05) is 7.11 Å². The monoisotopic (exact) mass is 274 g/mol. The molecule has 0 bridgehead atoms. The van der Waals surface area contributed by atoms with Gasteiger partial charge in [-0.25, -0.2) is 0 Å². The Morgan fingerprint density at radius 2 is 2.47 bits per heavy atom. The summed E-state index contributed by atoms with van der Waals surface area (Å²) in [5.74, 6) is 0.629. The Morgan fingerprint density at radius 3 is 3.07 bits per heavy atom. The first kappa shape index (κ1) is 11.2. The highest BCUT2D eigenvalue weighted by atomic mass is 79.9. The predicted molar refractivity (Wildman–Crippen MR) is 59.6 cm³/mol. The first-order valence-corrected chi connectivity index (χ1v) is 5.93. The predicted octanol–water partition coefficient (Wildman–Crippen LogP) is 2.82. The van der Waals surface area contributed by atoms with Gasteiger partial charge in [0.2, 0.25) is 0 Å². The number of halogens is 1. The van der Waals surface area contributed by atoms with Gasteiger partial charge in [0, 0.05) is 13.5 Å². The number of rotatable bonds is 2. The summed E-state index contributed by atoms with van der Waals surface area (Å²) in [6, 6.07) is 1.81. The highest BCUT2D eigenvalue weighted by Gasteiger charge is 2.39. The highest BCUT2D eigenvalue weighted by Crippen LogP contribution is 2.41. The molecule has 1 aliphatic rings. The fourth-order valence-corrected chi connectivity index (χ4v) is 2.81. The van der Waals surface area contributed by atoms with Gasteiger partial charge in [-0.3, -0.25) is 0 Å². The van der Waals surface area contributed by atoms with Gasteiger partial charge in [-0.15, -0.1) is 0 Å². The molecule has 0 radical (unpaired) electrons. The Hall–Kier alpha value is -0.320. The van der Waals surface area contributed by atoms with Gasteiger partial charge in [0.05, 0.1) is 16.8 Å². The van der Waals surface area contributed by atoms with E-state index in [-0.39, 0.29) is 6.10 Å². The Labute approximate surface area is 97.5 Å². The third kappa shape index (κ3) is 2.12. The molecule has 0 aliphatic heterocycles. The molecule has 2 rings (SSSR count). The van der Waals surface area contributed by atoms with E-state index in [9.17, 15) is 5.11 Å². The van der Waals surface area contributed by atoms with Crippen LogP contribution in [0.15, 0.2) is 21.2 Å². The van der Waals surface area contributed by atoms with Gasteiger partial charge >= 0.3 is 0 Å². The number of hydrogen-bond acceptors (Lipinski definition) is 3. The van der Waals surface area contributed by atoms with Crippen molar-refractivity contribution in [3.63, 3.8) is 0 Å². The van der Waals surface area contributed by atoms with Crippen molar-refractivity contribution < 1.29 is 14.3 Å². The number of aliphatic hydroxyl groups is 1. The summed E-state index contributed by atoms with van der Waals surface area (Å²) in [4.78, 5) is 0. The van der Waals surface area contributed by atoms with Crippen LogP contribution in [0.5, 0.6) is 0 Å². The van der Waals surface area contributed by atoms with E-state index in [2.05, 4.69) is 15.9 Å². The Kier molecular flexibility index (Phi) is 3.19. The van der Waals surface area contributed by atoms with Gasteiger partial charge in [0.15, 0.2) is 0 Å². The number of ether oxygens (including phenoxy) is 1. The normalized spacial score (nSPS) is 31.8. The third-order valence-corrected chi connectivity index (χ3v) is 3.68. The first-order valence-electron chi connectivity index (χ1n) is 5.14. The lowest BCUT2D eigenvalue weighted by Crippen LogP contribution is -2.35. The topological polar surface area (TPSA) is 42.6 Å². The Morgan fingerprint density at radius 1 is 1.67 bits per heavy atom. The molecule has 1 heterocycles. The molecule has 2 unspecified atom stereocenters. The number of hydrogen-bond donors (Lipinski definition) is 1. The minimum Gasteiger partial charge on any atom is -0.465 e. The van der Waals surface area contributed by atoms with Crippen molar-refractivity contribution in [3.8, 4) is 0 Å². The average molecular weight is 275 g/mol. The smallest absolute Gasteiger partial charge is 0.149 e. The lowest BCUT2D eigenvalue weighted by molar-refractivity contribution is -0.0756. The van der Waals surface area contributed by atoms with Crippen molar-refractivity contribution in [2.45, 2.75) is 37.4 Å².